The Morgan fingerprint density at radius 1 is 1.09 bits per heavy atom. The largest absolute Gasteiger partial charge is 0.343 e. The fourth-order valence-electron chi connectivity index (χ4n) is 4.26. The minimum atomic E-state index is 0.140. The quantitative estimate of drug-likeness (QED) is 0.598. The van der Waals surface area contributed by atoms with E-state index in [0.717, 1.165) is 43.1 Å². The van der Waals surface area contributed by atoms with E-state index in [9.17, 15) is 4.79 Å². The summed E-state index contributed by atoms with van der Waals surface area (Å²) in [5, 5.41) is 11.6. The normalized spacial score (nSPS) is 17.3. The van der Waals surface area contributed by atoms with E-state index in [1.165, 1.54) is 18.4 Å². The molecule has 2 aromatic heterocycles. The van der Waals surface area contributed by atoms with E-state index < -0.39 is 0 Å². The number of nitrogens with one attached hydrogen (secondary N) is 1. The highest BCUT2D eigenvalue weighted by Gasteiger charge is 2.30. The minimum absolute atomic E-state index is 0.140. The Kier molecular flexibility index (Phi) is 5.76. The Morgan fingerprint density at radius 2 is 1.84 bits per heavy atom. The van der Waals surface area contributed by atoms with E-state index in [4.69, 9.17) is 4.52 Å². The molecule has 0 spiro atoms. The molecule has 1 aliphatic heterocycles. The first kappa shape index (κ1) is 20.8. The van der Waals surface area contributed by atoms with Gasteiger partial charge in [-0.25, -0.2) is 4.98 Å². The number of aromatic amines is 1. The van der Waals surface area contributed by atoms with Crippen LogP contribution >= 0.6 is 0 Å². The topological polar surface area (TPSA) is 101 Å². The number of H-pyrrole nitrogens is 1. The van der Waals surface area contributed by atoms with Crippen molar-refractivity contribution in [3.8, 4) is 11.4 Å². The van der Waals surface area contributed by atoms with Crippen molar-refractivity contribution >= 4 is 5.91 Å². The lowest BCUT2D eigenvalue weighted by atomic mass is 9.96. The van der Waals surface area contributed by atoms with E-state index in [0.29, 0.717) is 42.3 Å². The number of nitrogens with zero attached hydrogens (tertiary/aromatic N) is 5. The third kappa shape index (κ3) is 4.59. The average molecular weight is 435 g/mol. The molecule has 3 heterocycles. The van der Waals surface area contributed by atoms with Gasteiger partial charge in [0.25, 0.3) is 0 Å². The summed E-state index contributed by atoms with van der Waals surface area (Å²) in [5.41, 5.74) is 2.20. The number of amides is 1. The second-order valence-corrected chi connectivity index (χ2v) is 9.30. The summed E-state index contributed by atoms with van der Waals surface area (Å²) >= 11 is 0. The minimum Gasteiger partial charge on any atom is -0.343 e. The molecule has 1 amide bonds. The standard InChI is InChI=1S/C24H30N6O2/c1-15(2)16-3-5-18(6-4-16)24-25-20(32-29-24)9-10-21(31)30-13-11-19(12-14-30)23-26-22(27-28-23)17-7-8-17/h3-6,15,17,19H,7-14H2,1-2H3,(H,26,27,28). The van der Waals surface area contributed by atoms with Gasteiger partial charge >= 0.3 is 0 Å². The Morgan fingerprint density at radius 3 is 2.53 bits per heavy atom. The van der Waals surface area contributed by atoms with Crippen LogP contribution in [-0.4, -0.2) is 49.2 Å². The molecule has 2 aliphatic rings. The third-order valence-corrected chi connectivity index (χ3v) is 6.55. The van der Waals surface area contributed by atoms with Crippen LogP contribution in [-0.2, 0) is 11.2 Å². The van der Waals surface area contributed by atoms with Gasteiger partial charge < -0.3 is 9.42 Å². The Bertz CT molecular complexity index is 1060. The van der Waals surface area contributed by atoms with Crippen molar-refractivity contribution in [1.82, 2.24) is 30.2 Å². The smallest absolute Gasteiger partial charge is 0.227 e. The number of carbonyl (C=O) groups is 1. The molecule has 8 nitrogen and oxygen atoms in total. The van der Waals surface area contributed by atoms with E-state index in [2.05, 4.69) is 51.3 Å². The van der Waals surface area contributed by atoms with Gasteiger partial charge in [-0.2, -0.15) is 10.1 Å². The van der Waals surface area contributed by atoms with Crippen LogP contribution in [0, 0.1) is 0 Å². The highest BCUT2D eigenvalue weighted by atomic mass is 16.5. The van der Waals surface area contributed by atoms with Gasteiger partial charge in [0, 0.05) is 43.3 Å². The van der Waals surface area contributed by atoms with Crippen molar-refractivity contribution in [2.45, 2.75) is 70.1 Å². The van der Waals surface area contributed by atoms with Crippen molar-refractivity contribution in [2.24, 2.45) is 0 Å². The Balaban J connectivity index is 1.10. The SMILES string of the molecule is CC(C)c1ccc(-c2noc(CCC(=O)N3CCC(c4nc(C5CC5)n[nH]4)CC3)n2)cc1. The van der Waals surface area contributed by atoms with Gasteiger partial charge in [0.05, 0.1) is 0 Å². The van der Waals surface area contributed by atoms with E-state index in [1.54, 1.807) is 0 Å². The summed E-state index contributed by atoms with van der Waals surface area (Å²) in [5.74, 6) is 4.57. The lowest BCUT2D eigenvalue weighted by Crippen LogP contribution is -2.38. The second-order valence-electron chi connectivity index (χ2n) is 9.30. The van der Waals surface area contributed by atoms with Crippen LogP contribution < -0.4 is 0 Å². The molecule has 32 heavy (non-hydrogen) atoms. The van der Waals surface area contributed by atoms with Crippen LogP contribution in [0.5, 0.6) is 0 Å². The summed E-state index contributed by atoms with van der Waals surface area (Å²) in [4.78, 5) is 23.8. The van der Waals surface area contributed by atoms with E-state index in [1.807, 2.05) is 17.0 Å². The van der Waals surface area contributed by atoms with Gasteiger partial charge in [-0.1, -0.05) is 43.3 Å². The molecular weight excluding hydrogens is 404 g/mol. The van der Waals surface area contributed by atoms with Crippen LogP contribution in [0.1, 0.15) is 86.8 Å². The first-order valence-corrected chi connectivity index (χ1v) is 11.7. The lowest BCUT2D eigenvalue weighted by molar-refractivity contribution is -0.132. The number of carbonyl (C=O) groups excluding carboxylic acids is 1. The second kappa shape index (κ2) is 8.84. The first-order chi connectivity index (χ1) is 15.6. The van der Waals surface area contributed by atoms with Crippen molar-refractivity contribution in [3.63, 3.8) is 0 Å². The van der Waals surface area contributed by atoms with Crippen molar-refractivity contribution in [3.05, 3.63) is 47.4 Å². The van der Waals surface area contributed by atoms with Crippen LogP contribution in [0.15, 0.2) is 28.8 Å². The Hall–Kier alpha value is -3.03. The third-order valence-electron chi connectivity index (χ3n) is 6.55. The summed E-state index contributed by atoms with van der Waals surface area (Å²) < 4.78 is 5.38. The number of rotatable bonds is 7. The number of hydrogen-bond acceptors (Lipinski definition) is 6. The molecule has 0 bridgehead atoms. The molecule has 1 saturated heterocycles. The molecule has 2 fully saturated rings. The zero-order valence-electron chi connectivity index (χ0n) is 18.8. The number of hydrogen-bond donors (Lipinski definition) is 1. The number of likely N-dealkylation sites (tertiary alicyclic amines) is 1. The van der Waals surface area contributed by atoms with Gasteiger partial charge in [-0.15, -0.1) is 0 Å². The van der Waals surface area contributed by atoms with Crippen molar-refractivity contribution in [1.29, 1.82) is 0 Å². The van der Waals surface area contributed by atoms with Crippen molar-refractivity contribution in [2.75, 3.05) is 13.1 Å². The van der Waals surface area contributed by atoms with Crippen LogP contribution in [0.2, 0.25) is 0 Å². The van der Waals surface area contributed by atoms with Crippen LogP contribution in [0.3, 0.4) is 0 Å². The van der Waals surface area contributed by atoms with Gasteiger partial charge in [-0.3, -0.25) is 9.89 Å². The molecule has 1 N–H and O–H groups in total. The van der Waals surface area contributed by atoms with Crippen molar-refractivity contribution < 1.29 is 9.32 Å². The molecule has 1 aromatic carbocycles. The summed E-state index contributed by atoms with van der Waals surface area (Å²) in [7, 11) is 0. The fourth-order valence-corrected chi connectivity index (χ4v) is 4.26. The predicted octanol–water partition coefficient (Wildman–Crippen LogP) is 4.19. The maximum absolute atomic E-state index is 12.7. The molecule has 0 atom stereocenters. The first-order valence-electron chi connectivity index (χ1n) is 11.7. The average Bonchev–Trinajstić information content (AvgIpc) is 3.35. The highest BCUT2D eigenvalue weighted by molar-refractivity contribution is 5.76. The van der Waals surface area contributed by atoms with Gasteiger partial charge in [0.2, 0.25) is 17.6 Å². The zero-order valence-corrected chi connectivity index (χ0v) is 18.8. The lowest BCUT2D eigenvalue weighted by Gasteiger charge is -2.31. The summed E-state index contributed by atoms with van der Waals surface area (Å²) in [6.45, 7) is 5.83. The zero-order chi connectivity index (χ0) is 22.1. The molecule has 1 saturated carbocycles. The molecular formula is C24H30N6O2. The summed E-state index contributed by atoms with van der Waals surface area (Å²) in [6, 6.07) is 8.21. The number of aromatic nitrogens is 5. The Labute approximate surface area is 187 Å². The number of piperidine rings is 1. The molecule has 0 unspecified atom stereocenters. The molecule has 168 valence electrons. The van der Waals surface area contributed by atoms with Gasteiger partial charge in [-0.05, 0) is 37.2 Å². The molecule has 8 heteroatoms. The van der Waals surface area contributed by atoms with E-state index >= 15 is 0 Å². The maximum Gasteiger partial charge on any atom is 0.227 e. The van der Waals surface area contributed by atoms with Crippen LogP contribution in [0.4, 0.5) is 0 Å². The fraction of sp³-hybridized carbons (Fsp3) is 0.542. The van der Waals surface area contributed by atoms with Gasteiger partial charge in [0.1, 0.15) is 5.82 Å². The molecule has 3 aromatic rings. The predicted molar refractivity (Wildman–Crippen MR) is 119 cm³/mol. The molecule has 1 aliphatic carbocycles. The highest BCUT2D eigenvalue weighted by Crippen LogP contribution is 2.38. The number of benzene rings is 1. The summed E-state index contributed by atoms with van der Waals surface area (Å²) in [6.07, 6.45) is 5.09. The number of aryl methyl sites for hydroxylation is 1. The maximum atomic E-state index is 12.7. The van der Waals surface area contributed by atoms with Gasteiger partial charge in [0.15, 0.2) is 5.82 Å². The molecule has 5 rings (SSSR count). The van der Waals surface area contributed by atoms with E-state index in [-0.39, 0.29) is 5.91 Å². The monoisotopic (exact) mass is 434 g/mol. The van der Waals surface area contributed by atoms with Crippen LogP contribution in [0.25, 0.3) is 11.4 Å². The molecule has 0 radical (unpaired) electrons.